The van der Waals surface area contributed by atoms with Gasteiger partial charge in [-0.3, -0.25) is 9.58 Å². The first-order valence-corrected chi connectivity index (χ1v) is 8.03. The van der Waals surface area contributed by atoms with Crippen LogP contribution in [0.15, 0.2) is 30.3 Å². The Hall–Kier alpha value is -1.72. The van der Waals surface area contributed by atoms with Crippen molar-refractivity contribution < 1.29 is 4.39 Å². The maximum atomic E-state index is 13.9. The Labute approximate surface area is 129 Å². The van der Waals surface area contributed by atoms with E-state index in [9.17, 15) is 4.39 Å². The van der Waals surface area contributed by atoms with E-state index in [1.165, 1.54) is 5.69 Å². The molecule has 1 aromatic heterocycles. The van der Waals surface area contributed by atoms with Crippen LogP contribution in [0.25, 0.3) is 0 Å². The van der Waals surface area contributed by atoms with Crippen molar-refractivity contribution >= 4 is 0 Å². The first-order chi connectivity index (χ1) is 10.8. The van der Waals surface area contributed by atoms with E-state index in [1.54, 1.807) is 12.1 Å². The van der Waals surface area contributed by atoms with Gasteiger partial charge >= 0.3 is 0 Å². The highest BCUT2D eigenvalue weighted by Gasteiger charge is 2.26. The van der Waals surface area contributed by atoms with E-state index in [0.717, 1.165) is 56.9 Å². The molecule has 5 heteroatoms. The lowest BCUT2D eigenvalue weighted by atomic mass is 9.98. The zero-order valence-electron chi connectivity index (χ0n) is 12.6. The van der Waals surface area contributed by atoms with Crippen LogP contribution >= 0.6 is 0 Å². The number of aromatic nitrogens is 2. The summed E-state index contributed by atoms with van der Waals surface area (Å²) < 4.78 is 16.0. The van der Waals surface area contributed by atoms with Gasteiger partial charge in [0.2, 0.25) is 0 Å². The van der Waals surface area contributed by atoms with Crippen LogP contribution in [0, 0.1) is 5.82 Å². The quantitative estimate of drug-likeness (QED) is 0.942. The van der Waals surface area contributed by atoms with E-state index in [2.05, 4.69) is 21.0 Å². The normalized spacial score (nSPS) is 22.0. The second-order valence-electron chi connectivity index (χ2n) is 6.27. The first kappa shape index (κ1) is 13.9. The van der Waals surface area contributed by atoms with Crippen molar-refractivity contribution in [2.24, 2.45) is 0 Å². The Balaban J connectivity index is 1.43. The lowest BCUT2D eigenvalue weighted by Crippen LogP contribution is -2.28. The van der Waals surface area contributed by atoms with Crippen molar-refractivity contribution in [2.75, 3.05) is 19.6 Å². The number of fused-ring (bicyclic) bond motifs is 1. The molecule has 1 fully saturated rings. The fourth-order valence-corrected chi connectivity index (χ4v) is 3.59. The van der Waals surface area contributed by atoms with Gasteiger partial charge in [-0.2, -0.15) is 5.10 Å². The maximum Gasteiger partial charge on any atom is 0.126 e. The molecule has 1 aromatic carbocycles. The van der Waals surface area contributed by atoms with Crippen LogP contribution in [-0.4, -0.2) is 34.3 Å². The van der Waals surface area contributed by atoms with Crippen molar-refractivity contribution in [2.45, 2.75) is 32.0 Å². The maximum absolute atomic E-state index is 13.9. The fourth-order valence-electron chi connectivity index (χ4n) is 3.59. The highest BCUT2D eigenvalue weighted by Crippen LogP contribution is 2.29. The molecular formula is C17H21FN4. The molecule has 2 aliphatic heterocycles. The van der Waals surface area contributed by atoms with Gasteiger partial charge in [0.25, 0.3) is 0 Å². The zero-order chi connectivity index (χ0) is 14.9. The van der Waals surface area contributed by atoms with Gasteiger partial charge in [0.05, 0.1) is 17.9 Å². The van der Waals surface area contributed by atoms with Gasteiger partial charge in [-0.25, -0.2) is 4.39 Å². The third-order valence-corrected chi connectivity index (χ3v) is 4.72. The number of halogens is 1. The van der Waals surface area contributed by atoms with Gasteiger partial charge in [-0.15, -0.1) is 0 Å². The third-order valence-electron chi connectivity index (χ3n) is 4.72. The summed E-state index contributed by atoms with van der Waals surface area (Å²) in [5, 5.41) is 8.06. The Morgan fingerprint density at radius 2 is 2.18 bits per heavy atom. The van der Waals surface area contributed by atoms with Crippen LogP contribution in [0.4, 0.5) is 4.39 Å². The molecule has 1 saturated heterocycles. The standard InChI is InChI=1S/C17H21FN4/c18-17-4-2-1-3-16(17)13-5-7-21(11-13)12-14-9-15-10-19-6-8-22(15)20-14/h1-4,9,13,19H,5-8,10-12H2. The summed E-state index contributed by atoms with van der Waals surface area (Å²) in [4.78, 5) is 2.39. The third kappa shape index (κ3) is 2.66. The molecule has 0 amide bonds. The smallest absolute Gasteiger partial charge is 0.126 e. The molecule has 0 spiro atoms. The summed E-state index contributed by atoms with van der Waals surface area (Å²) in [6.07, 6.45) is 1.02. The Morgan fingerprint density at radius 1 is 1.27 bits per heavy atom. The number of hydrogen-bond acceptors (Lipinski definition) is 3. The van der Waals surface area contributed by atoms with Crippen LogP contribution in [0.5, 0.6) is 0 Å². The van der Waals surface area contributed by atoms with E-state index >= 15 is 0 Å². The molecule has 2 aliphatic rings. The van der Waals surface area contributed by atoms with E-state index in [-0.39, 0.29) is 5.82 Å². The minimum absolute atomic E-state index is 0.0714. The van der Waals surface area contributed by atoms with Gasteiger partial charge in [-0.05, 0) is 30.7 Å². The molecule has 0 saturated carbocycles. The van der Waals surface area contributed by atoms with Crippen LogP contribution < -0.4 is 5.32 Å². The summed E-state index contributed by atoms with van der Waals surface area (Å²) in [7, 11) is 0. The highest BCUT2D eigenvalue weighted by molar-refractivity contribution is 5.23. The predicted octanol–water partition coefficient (Wildman–Crippen LogP) is 2.11. The number of benzene rings is 1. The number of hydrogen-bond donors (Lipinski definition) is 1. The summed E-state index contributed by atoms with van der Waals surface area (Å²) in [5.41, 5.74) is 3.26. The summed E-state index contributed by atoms with van der Waals surface area (Å²) in [6.45, 7) is 5.65. The molecule has 4 rings (SSSR count). The second kappa shape index (κ2) is 5.82. The summed E-state index contributed by atoms with van der Waals surface area (Å²) in [6, 6.07) is 9.37. The van der Waals surface area contributed by atoms with Gasteiger partial charge < -0.3 is 5.32 Å². The summed E-state index contributed by atoms with van der Waals surface area (Å²) in [5.74, 6) is 0.234. The lowest BCUT2D eigenvalue weighted by molar-refractivity contribution is 0.320. The van der Waals surface area contributed by atoms with Gasteiger partial charge in [-0.1, -0.05) is 18.2 Å². The largest absolute Gasteiger partial charge is 0.309 e. The molecule has 1 atom stereocenters. The Kier molecular flexibility index (Phi) is 3.68. The number of rotatable bonds is 3. The average Bonchev–Trinajstić information content (AvgIpc) is 3.14. The van der Waals surface area contributed by atoms with Crippen LogP contribution in [0.3, 0.4) is 0 Å². The van der Waals surface area contributed by atoms with Crippen molar-refractivity contribution in [3.8, 4) is 0 Å². The molecule has 1 unspecified atom stereocenters. The van der Waals surface area contributed by atoms with Gasteiger partial charge in [0, 0.05) is 32.1 Å². The van der Waals surface area contributed by atoms with Gasteiger partial charge in [0.15, 0.2) is 0 Å². The molecule has 116 valence electrons. The topological polar surface area (TPSA) is 33.1 Å². The fraction of sp³-hybridized carbons (Fsp3) is 0.471. The van der Waals surface area contributed by atoms with Crippen molar-refractivity contribution in [3.05, 3.63) is 53.1 Å². The van der Waals surface area contributed by atoms with E-state index in [0.29, 0.717) is 5.92 Å². The number of nitrogens with zero attached hydrogens (tertiary/aromatic N) is 3. The highest BCUT2D eigenvalue weighted by atomic mass is 19.1. The Morgan fingerprint density at radius 3 is 3.05 bits per heavy atom. The van der Waals surface area contributed by atoms with E-state index < -0.39 is 0 Å². The Bertz CT molecular complexity index is 643. The predicted molar refractivity (Wildman–Crippen MR) is 83.0 cm³/mol. The monoisotopic (exact) mass is 300 g/mol. The van der Waals surface area contributed by atoms with Crippen molar-refractivity contribution in [3.63, 3.8) is 0 Å². The van der Waals surface area contributed by atoms with Crippen molar-refractivity contribution in [1.82, 2.24) is 20.0 Å². The lowest BCUT2D eigenvalue weighted by Gasteiger charge is -2.15. The van der Waals surface area contributed by atoms with Gasteiger partial charge in [0.1, 0.15) is 5.82 Å². The first-order valence-electron chi connectivity index (χ1n) is 8.03. The van der Waals surface area contributed by atoms with Crippen molar-refractivity contribution in [1.29, 1.82) is 0 Å². The van der Waals surface area contributed by atoms with Crippen LogP contribution in [-0.2, 0) is 19.6 Å². The van der Waals surface area contributed by atoms with E-state index in [4.69, 9.17) is 5.10 Å². The zero-order valence-corrected chi connectivity index (χ0v) is 12.6. The van der Waals surface area contributed by atoms with Crippen LogP contribution in [0.1, 0.15) is 29.3 Å². The minimum atomic E-state index is -0.0714. The molecule has 2 aromatic rings. The minimum Gasteiger partial charge on any atom is -0.309 e. The second-order valence-corrected chi connectivity index (χ2v) is 6.27. The van der Waals surface area contributed by atoms with E-state index in [1.807, 2.05) is 12.1 Å². The molecule has 0 radical (unpaired) electrons. The number of likely N-dealkylation sites (tertiary alicyclic amines) is 1. The molecule has 22 heavy (non-hydrogen) atoms. The molecule has 0 aliphatic carbocycles. The van der Waals surface area contributed by atoms with Crippen LogP contribution in [0.2, 0.25) is 0 Å². The summed E-state index contributed by atoms with van der Waals surface area (Å²) >= 11 is 0. The molecule has 0 bridgehead atoms. The SMILES string of the molecule is Fc1ccccc1C1CCN(Cc2cc3n(n2)CCNC3)C1. The molecule has 1 N–H and O–H groups in total. The molecule has 4 nitrogen and oxygen atoms in total. The molecular weight excluding hydrogens is 279 g/mol. The average molecular weight is 300 g/mol. The molecule has 3 heterocycles. The number of nitrogens with one attached hydrogen (secondary N) is 1.